The van der Waals surface area contributed by atoms with Crippen LogP contribution < -0.4 is 20.1 Å². The number of nitriles is 2. The van der Waals surface area contributed by atoms with Gasteiger partial charge in [0.1, 0.15) is 34.8 Å². The summed E-state index contributed by atoms with van der Waals surface area (Å²) in [6, 6.07) is 24.3. The molecule has 0 bridgehead atoms. The van der Waals surface area contributed by atoms with E-state index >= 15 is 0 Å². The Balaban J connectivity index is 1.82. The summed E-state index contributed by atoms with van der Waals surface area (Å²) in [5.74, 6) is -0.273. The lowest BCUT2D eigenvalue weighted by molar-refractivity contribution is -0.113. The first-order valence-electron chi connectivity index (χ1n) is 10.7. The normalized spacial score (nSPS) is 11.0. The molecule has 0 heterocycles. The van der Waals surface area contributed by atoms with Crippen LogP contribution in [0, 0.1) is 22.7 Å². The van der Waals surface area contributed by atoms with Gasteiger partial charge in [-0.25, -0.2) is 0 Å². The van der Waals surface area contributed by atoms with E-state index in [0.29, 0.717) is 34.0 Å². The summed E-state index contributed by atoms with van der Waals surface area (Å²) >= 11 is 0. The lowest BCUT2D eigenvalue weighted by Gasteiger charge is -2.09. The highest BCUT2D eigenvalue weighted by molar-refractivity contribution is 6.11. The summed E-state index contributed by atoms with van der Waals surface area (Å²) in [7, 11) is 2.97. The maximum atomic E-state index is 12.7. The zero-order chi connectivity index (χ0) is 25.9. The van der Waals surface area contributed by atoms with Crippen molar-refractivity contribution < 1.29 is 19.1 Å². The van der Waals surface area contributed by atoms with Crippen LogP contribution in [0.3, 0.4) is 0 Å². The van der Waals surface area contributed by atoms with Gasteiger partial charge in [-0.15, -0.1) is 0 Å². The van der Waals surface area contributed by atoms with Crippen LogP contribution in [0.5, 0.6) is 11.5 Å². The van der Waals surface area contributed by atoms with Gasteiger partial charge in [0.15, 0.2) is 0 Å². The third kappa shape index (κ3) is 6.37. The SMILES string of the molecule is COc1ccccc1NC(=O)/C(C#N)=C/c1cccc(/C=C(\C#N)C(=O)Nc2ccccc2OC)c1. The van der Waals surface area contributed by atoms with Crippen molar-refractivity contribution >= 4 is 35.3 Å². The first kappa shape index (κ1) is 25.3. The number of para-hydroxylation sites is 4. The van der Waals surface area contributed by atoms with Gasteiger partial charge in [-0.2, -0.15) is 10.5 Å². The first-order chi connectivity index (χ1) is 17.5. The number of rotatable bonds is 8. The van der Waals surface area contributed by atoms with Gasteiger partial charge in [-0.1, -0.05) is 42.5 Å². The topological polar surface area (TPSA) is 124 Å². The molecule has 0 aliphatic rings. The second-order valence-electron chi connectivity index (χ2n) is 7.32. The van der Waals surface area contributed by atoms with Gasteiger partial charge in [-0.05, 0) is 53.6 Å². The molecule has 8 heteroatoms. The van der Waals surface area contributed by atoms with Crippen LogP contribution in [0.2, 0.25) is 0 Å². The Hall–Kier alpha value is -5.34. The lowest BCUT2D eigenvalue weighted by Crippen LogP contribution is -2.14. The van der Waals surface area contributed by atoms with Gasteiger partial charge in [0.05, 0.1) is 25.6 Å². The summed E-state index contributed by atoms with van der Waals surface area (Å²) in [5.41, 5.74) is 1.69. The molecule has 36 heavy (non-hydrogen) atoms. The fraction of sp³-hybridized carbons (Fsp3) is 0.0714. The van der Waals surface area contributed by atoms with Crippen molar-refractivity contribution in [2.75, 3.05) is 24.9 Å². The quantitative estimate of drug-likeness (QED) is 0.354. The standard InChI is InChI=1S/C28H22N4O4/c1-35-25-12-5-3-10-23(25)31-27(33)21(17-29)15-19-8-7-9-20(14-19)16-22(18-30)28(34)32-24-11-4-6-13-26(24)36-2/h3-16H,1-2H3,(H,31,33)(H,32,34)/b21-15+,22-16+. The van der Waals surface area contributed by atoms with Crippen LogP contribution in [-0.4, -0.2) is 26.0 Å². The van der Waals surface area contributed by atoms with E-state index in [4.69, 9.17) is 9.47 Å². The number of anilines is 2. The molecule has 2 N–H and O–H groups in total. The van der Waals surface area contributed by atoms with E-state index in [9.17, 15) is 20.1 Å². The minimum absolute atomic E-state index is 0.128. The average molecular weight is 479 g/mol. The van der Waals surface area contributed by atoms with E-state index in [2.05, 4.69) is 10.6 Å². The van der Waals surface area contributed by atoms with Crippen molar-refractivity contribution in [3.05, 3.63) is 95.1 Å². The smallest absolute Gasteiger partial charge is 0.266 e. The Morgan fingerprint density at radius 2 is 1.11 bits per heavy atom. The number of nitrogens with one attached hydrogen (secondary N) is 2. The molecule has 0 radical (unpaired) electrons. The zero-order valence-electron chi connectivity index (χ0n) is 19.6. The van der Waals surface area contributed by atoms with E-state index in [1.54, 1.807) is 72.8 Å². The summed E-state index contributed by atoms with van der Waals surface area (Å²) in [6.45, 7) is 0. The van der Waals surface area contributed by atoms with E-state index in [1.165, 1.54) is 26.4 Å². The van der Waals surface area contributed by atoms with Crippen molar-refractivity contribution in [1.82, 2.24) is 0 Å². The molecule has 8 nitrogen and oxygen atoms in total. The predicted molar refractivity (Wildman–Crippen MR) is 137 cm³/mol. The largest absolute Gasteiger partial charge is 0.495 e. The number of hydrogen-bond acceptors (Lipinski definition) is 6. The molecule has 0 aliphatic heterocycles. The van der Waals surface area contributed by atoms with Crippen LogP contribution in [0.1, 0.15) is 11.1 Å². The number of ether oxygens (including phenoxy) is 2. The van der Waals surface area contributed by atoms with Gasteiger partial charge in [0.2, 0.25) is 0 Å². The first-order valence-corrected chi connectivity index (χ1v) is 10.7. The molecule has 0 spiro atoms. The monoisotopic (exact) mass is 478 g/mol. The average Bonchev–Trinajstić information content (AvgIpc) is 2.91. The fourth-order valence-electron chi connectivity index (χ4n) is 3.24. The van der Waals surface area contributed by atoms with Gasteiger partial charge >= 0.3 is 0 Å². The number of nitrogens with zero attached hydrogens (tertiary/aromatic N) is 2. The summed E-state index contributed by atoms with van der Waals surface area (Å²) in [4.78, 5) is 25.3. The van der Waals surface area contributed by atoms with Crippen LogP contribution >= 0.6 is 0 Å². The molecule has 3 aromatic rings. The van der Waals surface area contributed by atoms with Crippen molar-refractivity contribution in [2.45, 2.75) is 0 Å². The van der Waals surface area contributed by atoms with E-state index in [0.717, 1.165) is 0 Å². The number of carbonyl (C=O) groups excluding carboxylic acids is 2. The maximum Gasteiger partial charge on any atom is 0.266 e. The molecular formula is C28H22N4O4. The van der Waals surface area contributed by atoms with Gasteiger partial charge in [0.25, 0.3) is 11.8 Å². The molecule has 0 atom stereocenters. The lowest BCUT2D eigenvalue weighted by atomic mass is 10.1. The van der Waals surface area contributed by atoms with Crippen molar-refractivity contribution in [2.24, 2.45) is 0 Å². The van der Waals surface area contributed by atoms with Crippen LogP contribution in [-0.2, 0) is 9.59 Å². The Morgan fingerprint density at radius 1 is 0.694 bits per heavy atom. The second kappa shape index (κ2) is 12.2. The molecule has 178 valence electrons. The molecule has 3 aromatic carbocycles. The number of amides is 2. The number of methoxy groups -OCH3 is 2. The van der Waals surface area contributed by atoms with Crippen LogP contribution in [0.4, 0.5) is 11.4 Å². The summed E-state index contributed by atoms with van der Waals surface area (Å²) < 4.78 is 10.4. The van der Waals surface area contributed by atoms with Crippen LogP contribution in [0.15, 0.2) is 83.9 Å². The number of carbonyl (C=O) groups is 2. The van der Waals surface area contributed by atoms with Crippen molar-refractivity contribution in [3.63, 3.8) is 0 Å². The van der Waals surface area contributed by atoms with Crippen molar-refractivity contribution in [1.29, 1.82) is 10.5 Å². The third-order valence-corrected chi connectivity index (χ3v) is 4.97. The van der Waals surface area contributed by atoms with Gasteiger partial charge in [0, 0.05) is 0 Å². The maximum absolute atomic E-state index is 12.7. The molecule has 3 rings (SSSR count). The predicted octanol–water partition coefficient (Wildman–Crippen LogP) is 4.80. The van der Waals surface area contributed by atoms with E-state index < -0.39 is 11.8 Å². The van der Waals surface area contributed by atoms with E-state index in [-0.39, 0.29) is 11.1 Å². The van der Waals surface area contributed by atoms with E-state index in [1.807, 2.05) is 12.1 Å². The molecule has 0 aliphatic carbocycles. The Kier molecular flexibility index (Phi) is 8.58. The number of hydrogen-bond donors (Lipinski definition) is 2. The minimum atomic E-state index is -0.600. The minimum Gasteiger partial charge on any atom is -0.495 e. The zero-order valence-corrected chi connectivity index (χ0v) is 19.6. The van der Waals surface area contributed by atoms with Gasteiger partial charge < -0.3 is 20.1 Å². The van der Waals surface area contributed by atoms with Crippen LogP contribution in [0.25, 0.3) is 12.2 Å². The molecule has 0 unspecified atom stereocenters. The van der Waals surface area contributed by atoms with Gasteiger partial charge in [-0.3, -0.25) is 9.59 Å². The Labute approximate surface area is 208 Å². The second-order valence-corrected chi connectivity index (χ2v) is 7.32. The molecule has 0 aromatic heterocycles. The number of benzene rings is 3. The summed E-state index contributed by atoms with van der Waals surface area (Å²) in [6.07, 6.45) is 2.84. The highest BCUT2D eigenvalue weighted by atomic mass is 16.5. The third-order valence-electron chi connectivity index (χ3n) is 4.97. The molecule has 2 amide bonds. The highest BCUT2D eigenvalue weighted by Gasteiger charge is 2.14. The summed E-state index contributed by atoms with van der Waals surface area (Å²) in [5, 5.41) is 24.4. The molecule has 0 fully saturated rings. The fourth-order valence-corrected chi connectivity index (χ4v) is 3.24. The highest BCUT2D eigenvalue weighted by Crippen LogP contribution is 2.25. The molecular weight excluding hydrogens is 456 g/mol. The van der Waals surface area contributed by atoms with Crippen molar-refractivity contribution in [3.8, 4) is 23.6 Å². The Bertz CT molecular complexity index is 1320. The molecule has 0 saturated heterocycles. The molecule has 0 saturated carbocycles. The Morgan fingerprint density at radius 3 is 1.50 bits per heavy atom.